The number of nitrogens with two attached hydrogens (primary N) is 1. The highest BCUT2D eigenvalue weighted by atomic mass is 127. The molecule has 0 aliphatic heterocycles. The van der Waals surface area contributed by atoms with Crippen LogP contribution < -0.4 is 5.73 Å². The molecule has 2 nitrogen and oxygen atoms in total. The van der Waals surface area contributed by atoms with Crippen LogP contribution >= 0.6 is 33.9 Å². The SMILES string of the molecule is N#Cc1c(I)ccc2c(N)csc12. The van der Waals surface area contributed by atoms with Gasteiger partial charge in [0.15, 0.2) is 0 Å². The molecule has 0 unspecified atom stereocenters. The molecule has 1 aromatic heterocycles. The Balaban J connectivity index is 2.95. The zero-order valence-electron chi connectivity index (χ0n) is 6.54. The van der Waals surface area contributed by atoms with Crippen molar-refractivity contribution in [3.63, 3.8) is 0 Å². The standard InChI is InChI=1S/C9H5IN2S/c10-7-2-1-5-8(12)4-13-9(5)6(7)3-11/h1-2,4H,12H2. The molecule has 0 fully saturated rings. The number of hydrogen-bond acceptors (Lipinski definition) is 3. The number of anilines is 1. The normalized spacial score (nSPS) is 10.2. The number of rotatable bonds is 0. The summed E-state index contributed by atoms with van der Waals surface area (Å²) in [6.07, 6.45) is 0. The van der Waals surface area contributed by atoms with E-state index in [2.05, 4.69) is 28.7 Å². The smallest absolute Gasteiger partial charge is 0.102 e. The van der Waals surface area contributed by atoms with E-state index in [1.54, 1.807) is 0 Å². The molecule has 64 valence electrons. The summed E-state index contributed by atoms with van der Waals surface area (Å²) in [7, 11) is 0. The minimum atomic E-state index is 0.736. The number of thiophene rings is 1. The first-order valence-corrected chi connectivity index (χ1v) is 5.55. The summed E-state index contributed by atoms with van der Waals surface area (Å²) in [6, 6.07) is 6.08. The molecule has 0 spiro atoms. The number of fused-ring (bicyclic) bond motifs is 1. The molecule has 0 aliphatic carbocycles. The van der Waals surface area contributed by atoms with Crippen LogP contribution in [0.15, 0.2) is 17.5 Å². The lowest BCUT2D eigenvalue weighted by Gasteiger charge is -1.96. The molecule has 0 saturated heterocycles. The van der Waals surface area contributed by atoms with Crippen LogP contribution in [-0.2, 0) is 0 Å². The third kappa shape index (κ3) is 1.28. The van der Waals surface area contributed by atoms with Crippen LogP contribution in [0.25, 0.3) is 10.1 Å². The van der Waals surface area contributed by atoms with Crippen LogP contribution in [0.5, 0.6) is 0 Å². The average molecular weight is 300 g/mol. The van der Waals surface area contributed by atoms with Crippen molar-refractivity contribution in [1.29, 1.82) is 5.26 Å². The van der Waals surface area contributed by atoms with Crippen molar-refractivity contribution in [3.05, 3.63) is 26.6 Å². The van der Waals surface area contributed by atoms with E-state index in [9.17, 15) is 0 Å². The highest BCUT2D eigenvalue weighted by Crippen LogP contribution is 2.32. The van der Waals surface area contributed by atoms with Crippen LogP contribution in [-0.4, -0.2) is 0 Å². The van der Waals surface area contributed by atoms with Gasteiger partial charge in [0.05, 0.1) is 16.0 Å². The molecule has 0 atom stereocenters. The Labute approximate surface area is 93.1 Å². The third-order valence-electron chi connectivity index (χ3n) is 1.83. The van der Waals surface area contributed by atoms with Crippen molar-refractivity contribution in [2.45, 2.75) is 0 Å². The molecule has 0 saturated carbocycles. The van der Waals surface area contributed by atoms with Gasteiger partial charge in [-0.1, -0.05) is 6.07 Å². The largest absolute Gasteiger partial charge is 0.398 e. The first kappa shape index (κ1) is 8.78. The van der Waals surface area contributed by atoms with Gasteiger partial charge < -0.3 is 5.73 Å². The number of benzene rings is 1. The minimum absolute atomic E-state index is 0.736. The van der Waals surface area contributed by atoms with E-state index in [1.165, 1.54) is 11.3 Å². The van der Waals surface area contributed by atoms with Crippen molar-refractivity contribution in [2.24, 2.45) is 0 Å². The molecule has 0 amide bonds. The Hall–Kier alpha value is -0.800. The summed E-state index contributed by atoms with van der Waals surface area (Å²) in [4.78, 5) is 0. The fourth-order valence-corrected chi connectivity index (χ4v) is 2.91. The first-order chi connectivity index (χ1) is 6.24. The Morgan fingerprint density at radius 1 is 1.46 bits per heavy atom. The lowest BCUT2D eigenvalue weighted by Crippen LogP contribution is -1.84. The molecule has 2 rings (SSSR count). The van der Waals surface area contributed by atoms with Gasteiger partial charge >= 0.3 is 0 Å². The van der Waals surface area contributed by atoms with Crippen LogP contribution in [0, 0.1) is 14.9 Å². The monoisotopic (exact) mass is 300 g/mol. The highest BCUT2D eigenvalue weighted by molar-refractivity contribution is 14.1. The summed E-state index contributed by atoms with van der Waals surface area (Å²) < 4.78 is 1.97. The predicted molar refractivity (Wildman–Crippen MR) is 63.7 cm³/mol. The van der Waals surface area contributed by atoms with Gasteiger partial charge in [-0.2, -0.15) is 5.26 Å². The number of nitrogens with zero attached hydrogens (tertiary/aromatic N) is 1. The van der Waals surface area contributed by atoms with Gasteiger partial charge in [-0.05, 0) is 28.7 Å². The van der Waals surface area contributed by atoms with Crippen molar-refractivity contribution in [2.75, 3.05) is 5.73 Å². The van der Waals surface area contributed by atoms with Gasteiger partial charge in [0, 0.05) is 14.3 Å². The van der Waals surface area contributed by atoms with E-state index in [1.807, 2.05) is 17.5 Å². The van der Waals surface area contributed by atoms with Gasteiger partial charge in [0.25, 0.3) is 0 Å². The average Bonchev–Trinajstić information content (AvgIpc) is 2.48. The second-order valence-electron chi connectivity index (χ2n) is 2.60. The fourth-order valence-electron chi connectivity index (χ4n) is 1.20. The molecule has 4 heteroatoms. The molecule has 2 aromatic rings. The molecule has 0 aliphatic rings. The summed E-state index contributed by atoms with van der Waals surface area (Å²) in [5, 5.41) is 11.8. The van der Waals surface area contributed by atoms with E-state index >= 15 is 0 Å². The van der Waals surface area contributed by atoms with Crippen molar-refractivity contribution in [1.82, 2.24) is 0 Å². The third-order valence-corrected chi connectivity index (χ3v) is 3.76. The van der Waals surface area contributed by atoms with E-state index in [0.29, 0.717) is 0 Å². The molecule has 0 bridgehead atoms. The van der Waals surface area contributed by atoms with Crippen LogP contribution in [0.2, 0.25) is 0 Å². The Kier molecular flexibility index (Phi) is 2.14. The van der Waals surface area contributed by atoms with E-state index in [0.717, 1.165) is 24.9 Å². The molecule has 2 N–H and O–H groups in total. The molecule has 13 heavy (non-hydrogen) atoms. The zero-order chi connectivity index (χ0) is 9.42. The zero-order valence-corrected chi connectivity index (χ0v) is 9.52. The summed E-state index contributed by atoms with van der Waals surface area (Å²) >= 11 is 3.69. The van der Waals surface area contributed by atoms with E-state index in [4.69, 9.17) is 11.0 Å². The van der Waals surface area contributed by atoms with Gasteiger partial charge in [-0.25, -0.2) is 0 Å². The Morgan fingerprint density at radius 3 is 2.92 bits per heavy atom. The van der Waals surface area contributed by atoms with Crippen molar-refractivity contribution >= 4 is 49.7 Å². The second-order valence-corrected chi connectivity index (χ2v) is 4.64. The Morgan fingerprint density at radius 2 is 2.23 bits per heavy atom. The first-order valence-electron chi connectivity index (χ1n) is 3.59. The lowest BCUT2D eigenvalue weighted by atomic mass is 10.2. The fraction of sp³-hybridized carbons (Fsp3) is 0. The van der Waals surface area contributed by atoms with E-state index < -0.39 is 0 Å². The molecular formula is C9H5IN2S. The van der Waals surface area contributed by atoms with Gasteiger partial charge in [0.1, 0.15) is 6.07 Å². The Bertz CT molecular complexity index is 510. The number of hydrogen-bond donors (Lipinski definition) is 1. The molecule has 1 heterocycles. The summed E-state index contributed by atoms with van der Waals surface area (Å²) in [5.41, 5.74) is 7.24. The molecular weight excluding hydrogens is 295 g/mol. The van der Waals surface area contributed by atoms with Crippen LogP contribution in [0.1, 0.15) is 5.56 Å². The minimum Gasteiger partial charge on any atom is -0.398 e. The lowest BCUT2D eigenvalue weighted by molar-refractivity contribution is 1.50. The van der Waals surface area contributed by atoms with Crippen LogP contribution in [0.4, 0.5) is 5.69 Å². The summed E-state index contributed by atoms with van der Waals surface area (Å²) in [6.45, 7) is 0. The second kappa shape index (κ2) is 3.16. The quantitative estimate of drug-likeness (QED) is 0.760. The van der Waals surface area contributed by atoms with Gasteiger partial charge in [-0.15, -0.1) is 11.3 Å². The topological polar surface area (TPSA) is 49.8 Å². The van der Waals surface area contributed by atoms with Gasteiger partial charge in [-0.3, -0.25) is 0 Å². The van der Waals surface area contributed by atoms with E-state index in [-0.39, 0.29) is 0 Å². The number of halogens is 1. The maximum atomic E-state index is 8.94. The predicted octanol–water partition coefficient (Wildman–Crippen LogP) is 2.96. The van der Waals surface area contributed by atoms with Crippen LogP contribution in [0.3, 0.4) is 0 Å². The molecule has 0 radical (unpaired) electrons. The molecule has 1 aromatic carbocycles. The van der Waals surface area contributed by atoms with Gasteiger partial charge in [0.2, 0.25) is 0 Å². The maximum absolute atomic E-state index is 8.94. The maximum Gasteiger partial charge on any atom is 0.102 e. The highest BCUT2D eigenvalue weighted by Gasteiger charge is 2.08. The van der Waals surface area contributed by atoms with Crippen molar-refractivity contribution in [3.8, 4) is 6.07 Å². The van der Waals surface area contributed by atoms with Crippen molar-refractivity contribution < 1.29 is 0 Å². The number of nitrogen functional groups attached to an aromatic ring is 1. The summed E-state index contributed by atoms with van der Waals surface area (Å²) in [5.74, 6) is 0. The number of nitriles is 1.